The zero-order chi connectivity index (χ0) is 19.0. The highest BCUT2D eigenvalue weighted by atomic mass is 16.2. The molecule has 1 amide bonds. The van der Waals surface area contributed by atoms with Crippen molar-refractivity contribution in [3.05, 3.63) is 65.7 Å². The number of carbonyl (C=O) groups excluding carboxylic acids is 1. The van der Waals surface area contributed by atoms with E-state index < -0.39 is 0 Å². The first kappa shape index (κ1) is 17.7. The Bertz CT molecular complexity index is 823. The third kappa shape index (κ3) is 3.20. The number of anilines is 1. The maximum absolute atomic E-state index is 13.4. The van der Waals surface area contributed by atoms with Gasteiger partial charge in [0, 0.05) is 50.9 Å². The normalized spacial score (nSPS) is 23.6. The van der Waals surface area contributed by atoms with Gasteiger partial charge in [0.2, 0.25) is 5.91 Å². The van der Waals surface area contributed by atoms with Crippen LogP contribution in [0, 0.1) is 0 Å². The standard InChI is InChI=1S/C24H29N3O/c28-23(27-15-10-20(18-27)19-4-2-1-3-5-19)24(11-12-24)21-6-8-22(9-7-21)26-16-13-25-14-17-26/h1-9,20,25H,10-18H2. The first-order valence-electron chi connectivity index (χ1n) is 10.7. The topological polar surface area (TPSA) is 35.6 Å². The molecule has 2 saturated heterocycles. The molecule has 3 aliphatic rings. The van der Waals surface area contributed by atoms with Crippen LogP contribution >= 0.6 is 0 Å². The molecule has 1 unspecified atom stereocenters. The van der Waals surface area contributed by atoms with Gasteiger partial charge in [-0.2, -0.15) is 0 Å². The molecule has 2 aromatic rings. The van der Waals surface area contributed by atoms with Gasteiger partial charge in [0.1, 0.15) is 0 Å². The van der Waals surface area contributed by atoms with Gasteiger partial charge in [-0.05, 0) is 42.5 Å². The fourth-order valence-electron chi connectivity index (χ4n) is 4.91. The van der Waals surface area contributed by atoms with Gasteiger partial charge < -0.3 is 15.1 Å². The fraction of sp³-hybridized carbons (Fsp3) is 0.458. The molecule has 2 aliphatic heterocycles. The van der Waals surface area contributed by atoms with Gasteiger partial charge in [0.05, 0.1) is 5.41 Å². The molecule has 146 valence electrons. The van der Waals surface area contributed by atoms with Gasteiger partial charge in [-0.25, -0.2) is 0 Å². The second-order valence-electron chi connectivity index (χ2n) is 8.51. The Balaban J connectivity index is 1.28. The van der Waals surface area contributed by atoms with Crippen molar-refractivity contribution in [2.45, 2.75) is 30.6 Å². The summed E-state index contributed by atoms with van der Waals surface area (Å²) in [6.45, 7) is 5.95. The van der Waals surface area contributed by atoms with Gasteiger partial charge in [0.15, 0.2) is 0 Å². The number of nitrogens with zero attached hydrogens (tertiary/aromatic N) is 2. The van der Waals surface area contributed by atoms with Crippen LogP contribution in [0.5, 0.6) is 0 Å². The summed E-state index contributed by atoms with van der Waals surface area (Å²) in [6.07, 6.45) is 3.06. The third-order valence-corrected chi connectivity index (χ3v) is 6.81. The maximum atomic E-state index is 13.4. The minimum Gasteiger partial charge on any atom is -0.369 e. The SMILES string of the molecule is O=C(N1CCC(c2ccccc2)C1)C1(c2ccc(N3CCNCC3)cc2)CC1. The van der Waals surface area contributed by atoms with E-state index >= 15 is 0 Å². The molecule has 5 rings (SSSR count). The molecule has 1 atom stereocenters. The van der Waals surface area contributed by atoms with Gasteiger partial charge in [0.25, 0.3) is 0 Å². The van der Waals surface area contributed by atoms with E-state index in [1.807, 2.05) is 0 Å². The summed E-state index contributed by atoms with van der Waals surface area (Å²) in [4.78, 5) is 17.9. The highest BCUT2D eigenvalue weighted by Gasteiger charge is 2.53. The van der Waals surface area contributed by atoms with E-state index in [1.54, 1.807) is 0 Å². The van der Waals surface area contributed by atoms with Crippen molar-refractivity contribution >= 4 is 11.6 Å². The predicted molar refractivity (Wildman–Crippen MR) is 113 cm³/mol. The van der Waals surface area contributed by atoms with E-state index in [0.717, 1.165) is 58.5 Å². The summed E-state index contributed by atoms with van der Waals surface area (Å²) >= 11 is 0. The molecule has 28 heavy (non-hydrogen) atoms. The van der Waals surface area contributed by atoms with E-state index in [-0.39, 0.29) is 5.41 Å². The summed E-state index contributed by atoms with van der Waals surface area (Å²) in [5.41, 5.74) is 3.59. The van der Waals surface area contributed by atoms with Crippen LogP contribution in [0.25, 0.3) is 0 Å². The Morgan fingerprint density at radius 2 is 1.64 bits per heavy atom. The highest BCUT2D eigenvalue weighted by molar-refractivity contribution is 5.91. The largest absolute Gasteiger partial charge is 0.369 e. The lowest BCUT2D eigenvalue weighted by molar-refractivity contribution is -0.132. The van der Waals surface area contributed by atoms with Crippen LogP contribution in [0.1, 0.15) is 36.3 Å². The molecule has 1 saturated carbocycles. The molecule has 0 aromatic heterocycles. The Morgan fingerprint density at radius 1 is 0.929 bits per heavy atom. The van der Waals surface area contributed by atoms with Crippen molar-refractivity contribution in [2.24, 2.45) is 0 Å². The number of hydrogen-bond acceptors (Lipinski definition) is 3. The van der Waals surface area contributed by atoms with E-state index in [0.29, 0.717) is 11.8 Å². The zero-order valence-electron chi connectivity index (χ0n) is 16.4. The smallest absolute Gasteiger partial charge is 0.233 e. The molecule has 2 aromatic carbocycles. The summed E-state index contributed by atoms with van der Waals surface area (Å²) in [5.74, 6) is 0.830. The number of amides is 1. The molecule has 2 heterocycles. The summed E-state index contributed by atoms with van der Waals surface area (Å²) in [7, 11) is 0. The van der Waals surface area contributed by atoms with Crippen molar-refractivity contribution in [1.82, 2.24) is 10.2 Å². The lowest BCUT2D eigenvalue weighted by atomic mass is 9.93. The summed E-state index contributed by atoms with van der Waals surface area (Å²) in [6, 6.07) is 19.5. The van der Waals surface area contributed by atoms with Crippen LogP contribution < -0.4 is 10.2 Å². The lowest BCUT2D eigenvalue weighted by Crippen LogP contribution is -2.43. The molecule has 1 N–H and O–H groups in total. The molecular formula is C24H29N3O. The lowest BCUT2D eigenvalue weighted by Gasteiger charge is -2.30. The van der Waals surface area contributed by atoms with Crippen LogP contribution in [0.15, 0.2) is 54.6 Å². The number of benzene rings is 2. The first-order chi connectivity index (χ1) is 13.8. The monoisotopic (exact) mass is 375 g/mol. The van der Waals surface area contributed by atoms with E-state index in [2.05, 4.69) is 69.7 Å². The molecule has 4 heteroatoms. The summed E-state index contributed by atoms with van der Waals surface area (Å²) < 4.78 is 0. The minimum absolute atomic E-state index is 0.256. The van der Waals surface area contributed by atoms with Gasteiger partial charge in [-0.1, -0.05) is 42.5 Å². The number of carbonyl (C=O) groups is 1. The highest BCUT2D eigenvalue weighted by Crippen LogP contribution is 2.50. The van der Waals surface area contributed by atoms with Crippen molar-refractivity contribution in [2.75, 3.05) is 44.2 Å². The third-order valence-electron chi connectivity index (χ3n) is 6.81. The van der Waals surface area contributed by atoms with Crippen molar-refractivity contribution in [3.63, 3.8) is 0 Å². The molecule has 1 aliphatic carbocycles. The van der Waals surface area contributed by atoms with Crippen LogP contribution in [-0.4, -0.2) is 50.1 Å². The maximum Gasteiger partial charge on any atom is 0.233 e. The molecule has 3 fully saturated rings. The molecule has 4 nitrogen and oxygen atoms in total. The van der Waals surface area contributed by atoms with Crippen molar-refractivity contribution < 1.29 is 4.79 Å². The molecule has 0 bridgehead atoms. The van der Waals surface area contributed by atoms with Crippen LogP contribution in [0.4, 0.5) is 5.69 Å². The van der Waals surface area contributed by atoms with E-state index in [4.69, 9.17) is 0 Å². The van der Waals surface area contributed by atoms with Crippen LogP contribution in [-0.2, 0) is 10.2 Å². The predicted octanol–water partition coefficient (Wildman–Crippen LogP) is 3.14. The minimum atomic E-state index is -0.256. The quantitative estimate of drug-likeness (QED) is 0.892. The molecule has 0 spiro atoms. The Labute approximate surface area is 167 Å². The number of likely N-dealkylation sites (tertiary alicyclic amines) is 1. The Morgan fingerprint density at radius 3 is 2.32 bits per heavy atom. The van der Waals surface area contributed by atoms with Gasteiger partial charge in [-0.15, -0.1) is 0 Å². The second-order valence-corrected chi connectivity index (χ2v) is 8.51. The van der Waals surface area contributed by atoms with Crippen molar-refractivity contribution in [3.8, 4) is 0 Å². The Hall–Kier alpha value is -2.33. The van der Waals surface area contributed by atoms with E-state index in [9.17, 15) is 4.79 Å². The van der Waals surface area contributed by atoms with Gasteiger partial charge in [-0.3, -0.25) is 4.79 Å². The number of piperazine rings is 1. The summed E-state index contributed by atoms with van der Waals surface area (Å²) in [5, 5.41) is 3.40. The van der Waals surface area contributed by atoms with Crippen LogP contribution in [0.3, 0.4) is 0 Å². The van der Waals surface area contributed by atoms with Crippen LogP contribution in [0.2, 0.25) is 0 Å². The number of nitrogens with one attached hydrogen (secondary N) is 1. The molecular weight excluding hydrogens is 346 g/mol. The average molecular weight is 376 g/mol. The Kier molecular flexibility index (Phi) is 4.59. The fourth-order valence-corrected chi connectivity index (χ4v) is 4.91. The van der Waals surface area contributed by atoms with Gasteiger partial charge >= 0.3 is 0 Å². The zero-order valence-corrected chi connectivity index (χ0v) is 16.4. The van der Waals surface area contributed by atoms with Crippen molar-refractivity contribution in [1.29, 1.82) is 0 Å². The van der Waals surface area contributed by atoms with E-state index in [1.165, 1.54) is 16.8 Å². The second kappa shape index (κ2) is 7.25. The number of rotatable bonds is 4. The number of hydrogen-bond donors (Lipinski definition) is 1. The average Bonchev–Trinajstić information content (AvgIpc) is 3.44. The first-order valence-corrected chi connectivity index (χ1v) is 10.7. The molecule has 0 radical (unpaired) electrons.